The molecule has 0 atom stereocenters. The molecule has 2 aromatic carbocycles. The Morgan fingerprint density at radius 1 is 1.00 bits per heavy atom. The number of thiophene rings is 1. The Kier molecular flexibility index (Phi) is 5.23. The van der Waals surface area contributed by atoms with E-state index in [0.717, 1.165) is 10.6 Å². The average Bonchev–Trinajstić information content (AvgIpc) is 3.13. The third-order valence-electron chi connectivity index (χ3n) is 3.44. The highest BCUT2D eigenvalue weighted by Gasteiger charge is 2.17. The molecule has 0 radical (unpaired) electrons. The van der Waals surface area contributed by atoms with Gasteiger partial charge in [-0.2, -0.15) is 0 Å². The minimum atomic E-state index is -0.336. The topological polar surface area (TPSA) is 29.5 Å². The van der Waals surface area contributed by atoms with Crippen LogP contribution in [0.2, 0.25) is 0 Å². The largest absolute Gasteiger partial charge is 0.484 e. The number of rotatable bonds is 6. The van der Waals surface area contributed by atoms with Crippen LogP contribution in [0.5, 0.6) is 5.75 Å². The van der Waals surface area contributed by atoms with Gasteiger partial charge in [0, 0.05) is 10.6 Å². The first-order valence-electron chi connectivity index (χ1n) is 7.48. The van der Waals surface area contributed by atoms with E-state index in [2.05, 4.69) is 0 Å². The first kappa shape index (κ1) is 16.2. The van der Waals surface area contributed by atoms with Gasteiger partial charge in [-0.3, -0.25) is 4.79 Å². The van der Waals surface area contributed by atoms with Crippen molar-refractivity contribution in [2.75, 3.05) is 11.5 Å². The number of benzene rings is 2. The van der Waals surface area contributed by atoms with Gasteiger partial charge in [0.2, 0.25) is 0 Å². The number of nitrogens with zero attached hydrogens (tertiary/aromatic N) is 1. The van der Waals surface area contributed by atoms with Crippen LogP contribution in [0.1, 0.15) is 4.88 Å². The van der Waals surface area contributed by atoms with Crippen molar-refractivity contribution in [3.05, 3.63) is 82.8 Å². The predicted molar refractivity (Wildman–Crippen MR) is 93.8 cm³/mol. The molecule has 5 heteroatoms. The summed E-state index contributed by atoms with van der Waals surface area (Å²) in [4.78, 5) is 15.4. The fourth-order valence-corrected chi connectivity index (χ4v) is 2.94. The van der Waals surface area contributed by atoms with Crippen LogP contribution < -0.4 is 9.64 Å². The van der Waals surface area contributed by atoms with Crippen LogP contribution in [0.15, 0.2) is 72.1 Å². The number of halogens is 1. The molecule has 0 aliphatic rings. The second-order valence-corrected chi connectivity index (χ2v) is 6.17. The van der Waals surface area contributed by atoms with Crippen molar-refractivity contribution in [2.45, 2.75) is 6.54 Å². The van der Waals surface area contributed by atoms with Gasteiger partial charge >= 0.3 is 0 Å². The smallest absolute Gasteiger partial charge is 0.265 e. The van der Waals surface area contributed by atoms with Crippen LogP contribution in [0, 0.1) is 5.82 Å². The Morgan fingerprint density at radius 2 is 1.75 bits per heavy atom. The van der Waals surface area contributed by atoms with E-state index >= 15 is 0 Å². The van der Waals surface area contributed by atoms with Crippen LogP contribution in [-0.2, 0) is 11.3 Å². The van der Waals surface area contributed by atoms with E-state index in [0.29, 0.717) is 12.3 Å². The normalized spacial score (nSPS) is 10.4. The summed E-state index contributed by atoms with van der Waals surface area (Å²) in [6.07, 6.45) is 0. The summed E-state index contributed by atoms with van der Waals surface area (Å²) in [7, 11) is 0. The van der Waals surface area contributed by atoms with E-state index in [1.165, 1.54) is 24.3 Å². The Morgan fingerprint density at radius 3 is 2.42 bits per heavy atom. The van der Waals surface area contributed by atoms with E-state index in [1.807, 2.05) is 47.8 Å². The zero-order valence-electron chi connectivity index (χ0n) is 12.9. The third kappa shape index (κ3) is 4.20. The summed E-state index contributed by atoms with van der Waals surface area (Å²) in [5, 5.41) is 1.98. The Hall–Kier alpha value is -2.66. The lowest BCUT2D eigenvalue weighted by molar-refractivity contribution is -0.120. The van der Waals surface area contributed by atoms with Crippen LogP contribution in [-0.4, -0.2) is 12.5 Å². The molecule has 1 aromatic heterocycles. The number of carbonyl (C=O) groups is 1. The Bertz CT molecular complexity index is 773. The number of hydrogen-bond acceptors (Lipinski definition) is 3. The van der Waals surface area contributed by atoms with Gasteiger partial charge in [-0.15, -0.1) is 11.3 Å². The van der Waals surface area contributed by atoms with Gasteiger partial charge in [0.15, 0.2) is 6.61 Å². The fourth-order valence-electron chi connectivity index (χ4n) is 2.24. The quantitative estimate of drug-likeness (QED) is 0.661. The van der Waals surface area contributed by atoms with Crippen molar-refractivity contribution < 1.29 is 13.9 Å². The first-order valence-corrected chi connectivity index (χ1v) is 8.36. The molecule has 0 spiro atoms. The maximum absolute atomic E-state index is 12.9. The monoisotopic (exact) mass is 341 g/mol. The number of para-hydroxylation sites is 1. The molecule has 3 nitrogen and oxygen atoms in total. The first-order chi connectivity index (χ1) is 11.7. The van der Waals surface area contributed by atoms with Crippen LogP contribution in [0.25, 0.3) is 0 Å². The number of ether oxygens (including phenoxy) is 1. The highest BCUT2D eigenvalue weighted by atomic mass is 32.1. The summed E-state index contributed by atoms with van der Waals surface area (Å²) in [6.45, 7) is 0.388. The summed E-state index contributed by atoms with van der Waals surface area (Å²) >= 11 is 1.60. The number of amides is 1. The van der Waals surface area contributed by atoms with E-state index in [4.69, 9.17) is 4.74 Å². The third-order valence-corrected chi connectivity index (χ3v) is 4.30. The molecule has 122 valence electrons. The molecule has 0 unspecified atom stereocenters. The summed E-state index contributed by atoms with van der Waals surface area (Å²) in [6, 6.07) is 19.1. The second-order valence-electron chi connectivity index (χ2n) is 5.14. The molecule has 0 fully saturated rings. The zero-order chi connectivity index (χ0) is 16.8. The summed E-state index contributed by atoms with van der Waals surface area (Å²) < 4.78 is 18.4. The molecule has 0 aliphatic heterocycles. The van der Waals surface area contributed by atoms with Crippen LogP contribution in [0.3, 0.4) is 0 Å². The van der Waals surface area contributed by atoms with Crippen molar-refractivity contribution >= 4 is 22.9 Å². The minimum absolute atomic E-state index is 0.105. The van der Waals surface area contributed by atoms with E-state index in [9.17, 15) is 9.18 Å². The molecule has 3 rings (SSSR count). The number of carbonyl (C=O) groups excluding carboxylic acids is 1. The lowest BCUT2D eigenvalue weighted by Gasteiger charge is -2.22. The summed E-state index contributed by atoms with van der Waals surface area (Å²) in [5.74, 6) is -0.0231. The Labute approximate surface area is 143 Å². The minimum Gasteiger partial charge on any atom is -0.484 e. The molecule has 1 amide bonds. The van der Waals surface area contributed by atoms with Crippen molar-refractivity contribution in [1.82, 2.24) is 0 Å². The van der Waals surface area contributed by atoms with E-state index in [-0.39, 0.29) is 18.3 Å². The molecular weight excluding hydrogens is 325 g/mol. The standard InChI is InChI=1S/C19H16FNO2S/c20-15-8-10-17(11-9-15)23-14-19(22)21(13-18-7-4-12-24-18)16-5-2-1-3-6-16/h1-12H,13-14H2. The predicted octanol–water partition coefficient (Wildman–Crippen LogP) is 4.50. The molecule has 0 N–H and O–H groups in total. The number of hydrogen-bond donors (Lipinski definition) is 0. The van der Waals surface area contributed by atoms with Gasteiger partial charge in [-0.1, -0.05) is 24.3 Å². The fraction of sp³-hybridized carbons (Fsp3) is 0.105. The van der Waals surface area contributed by atoms with Gasteiger partial charge < -0.3 is 9.64 Å². The number of anilines is 1. The molecule has 1 heterocycles. The average molecular weight is 341 g/mol. The van der Waals surface area contributed by atoms with Crippen molar-refractivity contribution in [2.24, 2.45) is 0 Å². The molecule has 0 bridgehead atoms. The molecular formula is C19H16FNO2S. The summed E-state index contributed by atoms with van der Waals surface area (Å²) in [5.41, 5.74) is 0.818. The highest BCUT2D eigenvalue weighted by Crippen LogP contribution is 2.20. The SMILES string of the molecule is O=C(COc1ccc(F)cc1)N(Cc1cccs1)c1ccccc1. The van der Waals surface area contributed by atoms with Gasteiger partial charge in [0.1, 0.15) is 11.6 Å². The van der Waals surface area contributed by atoms with Crippen LogP contribution in [0.4, 0.5) is 10.1 Å². The van der Waals surface area contributed by atoms with E-state index < -0.39 is 0 Å². The van der Waals surface area contributed by atoms with Crippen molar-refractivity contribution in [3.63, 3.8) is 0 Å². The zero-order valence-corrected chi connectivity index (χ0v) is 13.7. The lowest BCUT2D eigenvalue weighted by atomic mass is 10.2. The lowest BCUT2D eigenvalue weighted by Crippen LogP contribution is -2.34. The molecule has 0 saturated carbocycles. The van der Waals surface area contributed by atoms with Gasteiger partial charge in [-0.25, -0.2) is 4.39 Å². The molecule has 24 heavy (non-hydrogen) atoms. The Balaban J connectivity index is 1.72. The second kappa shape index (κ2) is 7.75. The van der Waals surface area contributed by atoms with Gasteiger partial charge in [0.25, 0.3) is 5.91 Å². The highest BCUT2D eigenvalue weighted by molar-refractivity contribution is 7.09. The van der Waals surface area contributed by atoms with Crippen molar-refractivity contribution in [3.8, 4) is 5.75 Å². The molecule has 3 aromatic rings. The van der Waals surface area contributed by atoms with E-state index in [1.54, 1.807) is 16.2 Å². The maximum atomic E-state index is 12.9. The van der Waals surface area contributed by atoms with Gasteiger partial charge in [0.05, 0.1) is 6.54 Å². The van der Waals surface area contributed by atoms with Crippen molar-refractivity contribution in [1.29, 1.82) is 0 Å². The molecule has 0 saturated heterocycles. The molecule has 0 aliphatic carbocycles. The van der Waals surface area contributed by atoms with Gasteiger partial charge in [-0.05, 0) is 47.8 Å². The van der Waals surface area contributed by atoms with Crippen LogP contribution >= 0.6 is 11.3 Å². The maximum Gasteiger partial charge on any atom is 0.265 e.